The van der Waals surface area contributed by atoms with Gasteiger partial charge in [-0.25, -0.2) is 4.98 Å². The van der Waals surface area contributed by atoms with Gasteiger partial charge in [0.1, 0.15) is 5.82 Å². The highest BCUT2D eigenvalue weighted by Crippen LogP contribution is 2.15. The maximum Gasteiger partial charge on any atom is 0.305 e. The minimum absolute atomic E-state index is 0.128. The zero-order chi connectivity index (χ0) is 13.5. The molecule has 18 heavy (non-hydrogen) atoms. The van der Waals surface area contributed by atoms with Crippen LogP contribution in [0.25, 0.3) is 0 Å². The van der Waals surface area contributed by atoms with Crippen molar-refractivity contribution in [2.45, 2.75) is 13.3 Å². The van der Waals surface area contributed by atoms with E-state index in [9.17, 15) is 4.79 Å². The molecule has 1 aromatic rings. The van der Waals surface area contributed by atoms with Gasteiger partial charge in [0.25, 0.3) is 0 Å². The summed E-state index contributed by atoms with van der Waals surface area (Å²) in [5.74, 6) is 0.0963. The second kappa shape index (κ2) is 6.96. The van der Waals surface area contributed by atoms with Crippen LogP contribution < -0.4 is 4.90 Å². The number of nitrogens with zero attached hydrogens (tertiary/aromatic N) is 3. The lowest BCUT2D eigenvalue weighted by Gasteiger charge is -2.26. The fourth-order valence-corrected chi connectivity index (χ4v) is 1.68. The number of pyridine rings is 1. The van der Waals surface area contributed by atoms with Crippen LogP contribution in [0.2, 0.25) is 0 Å². The van der Waals surface area contributed by atoms with E-state index in [0.29, 0.717) is 6.54 Å². The fraction of sp³-hybridized carbons (Fsp3) is 0.538. The van der Waals surface area contributed by atoms with Crippen molar-refractivity contribution < 1.29 is 9.90 Å². The number of anilines is 1. The van der Waals surface area contributed by atoms with Crippen LogP contribution in [0.3, 0.4) is 0 Å². The van der Waals surface area contributed by atoms with Crippen molar-refractivity contribution >= 4 is 11.8 Å². The van der Waals surface area contributed by atoms with Gasteiger partial charge >= 0.3 is 5.97 Å². The largest absolute Gasteiger partial charge is 0.481 e. The zero-order valence-corrected chi connectivity index (χ0v) is 11.3. The molecule has 1 heterocycles. The molecule has 0 amide bonds. The second-order valence-electron chi connectivity index (χ2n) is 4.58. The van der Waals surface area contributed by atoms with E-state index in [4.69, 9.17) is 5.11 Å². The molecule has 0 aliphatic heterocycles. The molecule has 1 N–H and O–H groups in total. The van der Waals surface area contributed by atoms with Crippen molar-refractivity contribution in [3.63, 3.8) is 0 Å². The third-order valence-electron chi connectivity index (χ3n) is 2.69. The number of hydrogen-bond acceptors (Lipinski definition) is 4. The van der Waals surface area contributed by atoms with Gasteiger partial charge in [-0.3, -0.25) is 4.79 Å². The smallest absolute Gasteiger partial charge is 0.305 e. The number of aryl methyl sites for hydroxylation is 1. The molecule has 0 fully saturated rings. The van der Waals surface area contributed by atoms with E-state index in [1.54, 1.807) is 6.20 Å². The van der Waals surface area contributed by atoms with E-state index in [0.717, 1.165) is 24.5 Å². The highest BCUT2D eigenvalue weighted by molar-refractivity contribution is 5.67. The Labute approximate surface area is 108 Å². The number of likely N-dealkylation sites (N-methyl/N-ethyl adjacent to an activating group) is 1. The van der Waals surface area contributed by atoms with Gasteiger partial charge in [-0.1, -0.05) is 6.07 Å². The van der Waals surface area contributed by atoms with Crippen LogP contribution in [-0.4, -0.2) is 54.7 Å². The molecular formula is C13H21N3O2. The van der Waals surface area contributed by atoms with Crippen LogP contribution >= 0.6 is 0 Å². The lowest BCUT2D eigenvalue weighted by molar-refractivity contribution is -0.136. The Morgan fingerprint density at radius 3 is 2.61 bits per heavy atom. The van der Waals surface area contributed by atoms with Gasteiger partial charge in [0.15, 0.2) is 0 Å². The van der Waals surface area contributed by atoms with E-state index in [1.165, 1.54) is 0 Å². The van der Waals surface area contributed by atoms with Crippen molar-refractivity contribution in [3.05, 3.63) is 23.9 Å². The van der Waals surface area contributed by atoms with Crippen LogP contribution in [0.15, 0.2) is 18.3 Å². The summed E-state index contributed by atoms with van der Waals surface area (Å²) in [4.78, 5) is 19.2. The molecule has 5 nitrogen and oxygen atoms in total. The van der Waals surface area contributed by atoms with Crippen molar-refractivity contribution in [1.82, 2.24) is 9.88 Å². The van der Waals surface area contributed by atoms with Crippen molar-refractivity contribution in [1.29, 1.82) is 0 Å². The predicted molar refractivity (Wildman–Crippen MR) is 72.0 cm³/mol. The van der Waals surface area contributed by atoms with Crippen LogP contribution in [-0.2, 0) is 4.79 Å². The first-order chi connectivity index (χ1) is 8.50. The molecule has 0 atom stereocenters. The van der Waals surface area contributed by atoms with Gasteiger partial charge in [0.2, 0.25) is 0 Å². The summed E-state index contributed by atoms with van der Waals surface area (Å²) in [5, 5.41) is 8.80. The van der Waals surface area contributed by atoms with E-state index in [1.807, 2.05) is 38.1 Å². The summed E-state index contributed by atoms with van der Waals surface area (Å²) in [6.07, 6.45) is 1.87. The summed E-state index contributed by atoms with van der Waals surface area (Å²) in [6.45, 7) is 4.13. The first-order valence-corrected chi connectivity index (χ1v) is 6.04. The molecule has 1 rings (SSSR count). The van der Waals surface area contributed by atoms with Crippen LogP contribution in [0, 0.1) is 6.92 Å². The number of aromatic nitrogens is 1. The van der Waals surface area contributed by atoms with Gasteiger partial charge in [0, 0.05) is 25.8 Å². The summed E-state index contributed by atoms with van der Waals surface area (Å²) in [7, 11) is 4.00. The molecule has 0 saturated heterocycles. The fourth-order valence-electron chi connectivity index (χ4n) is 1.68. The predicted octanol–water partition coefficient (Wildman–Crippen LogP) is 1.23. The number of carboxylic acid groups (broad SMARTS) is 1. The molecule has 0 aliphatic rings. The summed E-state index contributed by atoms with van der Waals surface area (Å²) in [6, 6.07) is 3.88. The van der Waals surface area contributed by atoms with Crippen LogP contribution in [0.1, 0.15) is 12.0 Å². The minimum Gasteiger partial charge on any atom is -0.481 e. The lowest BCUT2D eigenvalue weighted by atomic mass is 10.2. The number of carboxylic acids is 1. The summed E-state index contributed by atoms with van der Waals surface area (Å²) < 4.78 is 0. The molecule has 0 bridgehead atoms. The molecule has 0 spiro atoms. The van der Waals surface area contributed by atoms with Crippen molar-refractivity contribution in [2.75, 3.05) is 38.6 Å². The lowest BCUT2D eigenvalue weighted by Crippen LogP contribution is -2.34. The number of hydrogen-bond donors (Lipinski definition) is 1. The maximum absolute atomic E-state index is 10.7. The Kier molecular flexibility index (Phi) is 5.58. The summed E-state index contributed by atoms with van der Waals surface area (Å²) in [5.41, 5.74) is 1.07. The summed E-state index contributed by atoms with van der Waals surface area (Å²) >= 11 is 0. The third-order valence-corrected chi connectivity index (χ3v) is 2.69. The maximum atomic E-state index is 10.7. The molecule has 5 heteroatoms. The molecule has 0 aromatic carbocycles. The molecule has 1 aromatic heterocycles. The highest BCUT2D eigenvalue weighted by Gasteiger charge is 2.12. The Morgan fingerprint density at radius 2 is 2.06 bits per heavy atom. The average molecular weight is 251 g/mol. The topological polar surface area (TPSA) is 56.7 Å². The highest BCUT2D eigenvalue weighted by atomic mass is 16.4. The minimum atomic E-state index is -0.779. The molecule has 0 radical (unpaired) electrons. The van der Waals surface area contributed by atoms with Gasteiger partial charge in [-0.2, -0.15) is 0 Å². The number of rotatable bonds is 7. The van der Waals surface area contributed by atoms with Gasteiger partial charge < -0.3 is 14.9 Å². The van der Waals surface area contributed by atoms with Crippen molar-refractivity contribution in [3.8, 4) is 0 Å². The Hall–Kier alpha value is -1.62. The van der Waals surface area contributed by atoms with E-state index < -0.39 is 5.97 Å². The first-order valence-electron chi connectivity index (χ1n) is 6.04. The van der Waals surface area contributed by atoms with Gasteiger partial charge in [-0.05, 0) is 32.6 Å². The second-order valence-corrected chi connectivity index (χ2v) is 4.58. The molecule has 0 aliphatic carbocycles. The number of aliphatic carboxylic acids is 1. The van der Waals surface area contributed by atoms with E-state index >= 15 is 0 Å². The molecular weight excluding hydrogens is 230 g/mol. The molecule has 0 unspecified atom stereocenters. The van der Waals surface area contributed by atoms with E-state index in [-0.39, 0.29) is 6.42 Å². The Bertz CT molecular complexity index is 394. The van der Waals surface area contributed by atoms with Crippen LogP contribution in [0.5, 0.6) is 0 Å². The normalized spacial score (nSPS) is 10.7. The third kappa shape index (κ3) is 4.71. The molecule has 100 valence electrons. The van der Waals surface area contributed by atoms with Crippen molar-refractivity contribution in [2.24, 2.45) is 0 Å². The Balaban J connectivity index is 2.75. The first kappa shape index (κ1) is 14.4. The van der Waals surface area contributed by atoms with Gasteiger partial charge in [-0.15, -0.1) is 0 Å². The molecule has 0 saturated carbocycles. The number of carbonyl (C=O) groups is 1. The van der Waals surface area contributed by atoms with E-state index in [2.05, 4.69) is 9.88 Å². The quantitative estimate of drug-likeness (QED) is 0.790. The Morgan fingerprint density at radius 1 is 1.33 bits per heavy atom. The average Bonchev–Trinajstić information content (AvgIpc) is 2.30. The SMILES string of the molecule is Cc1cccnc1N(CCC(=O)O)CCN(C)C. The van der Waals surface area contributed by atoms with Crippen LogP contribution in [0.4, 0.5) is 5.82 Å². The monoisotopic (exact) mass is 251 g/mol. The standard InChI is InChI=1S/C13H21N3O2/c1-11-5-4-7-14-13(11)16(8-6-12(17)18)10-9-15(2)3/h4-5,7H,6,8-10H2,1-3H3,(H,17,18). The zero-order valence-electron chi connectivity index (χ0n) is 11.3. The van der Waals surface area contributed by atoms with Gasteiger partial charge in [0.05, 0.1) is 6.42 Å².